The van der Waals surface area contributed by atoms with E-state index in [1.807, 2.05) is 30.3 Å². The number of benzene rings is 2. The van der Waals surface area contributed by atoms with Gasteiger partial charge in [0.05, 0.1) is 6.54 Å². The fourth-order valence-electron chi connectivity index (χ4n) is 3.37. The molecule has 1 aliphatic heterocycles. The number of nitrogens with one attached hydrogen (secondary N) is 2. The highest BCUT2D eigenvalue weighted by atomic mass is 16.6. The van der Waals surface area contributed by atoms with Gasteiger partial charge in [0.25, 0.3) is 0 Å². The van der Waals surface area contributed by atoms with Crippen LogP contribution in [0.5, 0.6) is 11.5 Å². The van der Waals surface area contributed by atoms with Gasteiger partial charge in [0.2, 0.25) is 0 Å². The Morgan fingerprint density at radius 1 is 1.00 bits per heavy atom. The van der Waals surface area contributed by atoms with Crippen LogP contribution in [-0.4, -0.2) is 36.7 Å². The summed E-state index contributed by atoms with van der Waals surface area (Å²) in [6, 6.07) is 14.2. The second-order valence-electron chi connectivity index (χ2n) is 7.06. The normalized spacial score (nSPS) is 17.3. The fourth-order valence-corrected chi connectivity index (χ4v) is 3.37. The van der Waals surface area contributed by atoms with Crippen LogP contribution in [0, 0.1) is 5.92 Å². The average Bonchev–Trinajstić information content (AvgIpc) is 3.58. The summed E-state index contributed by atoms with van der Waals surface area (Å²) in [5, 5.41) is 16.2. The molecule has 28 heavy (non-hydrogen) atoms. The second-order valence-corrected chi connectivity index (χ2v) is 7.06. The molecule has 2 aromatic carbocycles. The maximum absolute atomic E-state index is 12.3. The van der Waals surface area contributed by atoms with Gasteiger partial charge in [-0.1, -0.05) is 30.3 Å². The molecule has 7 heteroatoms. The fraction of sp³-hybridized carbons (Fsp3) is 0.333. The standard InChI is InChI=1S/C21H22N2O5/c24-19(20(25)23-16-8-9-17-18(12-16)28-11-10-27-17)22-13-21(26,15-6-7-15)14-4-2-1-3-5-14/h1-5,8-9,12,15,26H,6-7,10-11,13H2,(H,22,24)(H,23,25). The molecule has 1 fully saturated rings. The molecule has 1 unspecified atom stereocenters. The summed E-state index contributed by atoms with van der Waals surface area (Å²) in [6.45, 7) is 0.894. The van der Waals surface area contributed by atoms with Crippen molar-refractivity contribution in [2.75, 3.05) is 25.1 Å². The first-order valence-corrected chi connectivity index (χ1v) is 9.33. The van der Waals surface area contributed by atoms with E-state index >= 15 is 0 Å². The Morgan fingerprint density at radius 2 is 1.71 bits per heavy atom. The largest absolute Gasteiger partial charge is 0.486 e. The van der Waals surface area contributed by atoms with Crippen molar-refractivity contribution in [2.45, 2.75) is 18.4 Å². The minimum Gasteiger partial charge on any atom is -0.486 e. The number of carbonyl (C=O) groups is 2. The molecule has 1 atom stereocenters. The minimum atomic E-state index is -1.17. The highest BCUT2D eigenvalue weighted by molar-refractivity contribution is 6.39. The molecule has 1 heterocycles. The monoisotopic (exact) mass is 382 g/mol. The van der Waals surface area contributed by atoms with Crippen molar-refractivity contribution in [3.05, 3.63) is 54.1 Å². The zero-order valence-corrected chi connectivity index (χ0v) is 15.3. The van der Waals surface area contributed by atoms with E-state index in [9.17, 15) is 14.7 Å². The van der Waals surface area contributed by atoms with Gasteiger partial charge in [0.1, 0.15) is 18.8 Å². The Labute approximate surface area is 162 Å². The molecule has 4 rings (SSSR count). The summed E-state index contributed by atoms with van der Waals surface area (Å²) in [6.07, 6.45) is 1.79. The summed E-state index contributed by atoms with van der Waals surface area (Å²) in [4.78, 5) is 24.5. The van der Waals surface area contributed by atoms with Gasteiger partial charge in [-0.05, 0) is 36.5 Å². The molecule has 0 bridgehead atoms. The Hall–Kier alpha value is -3.06. The zero-order chi connectivity index (χ0) is 19.6. The van der Waals surface area contributed by atoms with Crippen molar-refractivity contribution in [3.8, 4) is 11.5 Å². The lowest BCUT2D eigenvalue weighted by molar-refractivity contribution is -0.137. The Morgan fingerprint density at radius 3 is 2.43 bits per heavy atom. The van der Waals surface area contributed by atoms with Gasteiger partial charge < -0.3 is 25.2 Å². The SMILES string of the molecule is O=C(NCC(O)(c1ccccc1)C1CC1)C(=O)Nc1ccc2c(c1)OCCO2. The molecule has 2 aliphatic rings. The van der Waals surface area contributed by atoms with E-state index in [4.69, 9.17) is 9.47 Å². The number of rotatable bonds is 5. The molecule has 0 radical (unpaired) electrons. The predicted molar refractivity (Wildman–Crippen MR) is 102 cm³/mol. The molecular formula is C21H22N2O5. The molecule has 1 aliphatic carbocycles. The van der Waals surface area contributed by atoms with Crippen LogP contribution >= 0.6 is 0 Å². The van der Waals surface area contributed by atoms with Crippen molar-refractivity contribution in [2.24, 2.45) is 5.92 Å². The third-order valence-electron chi connectivity index (χ3n) is 5.05. The maximum atomic E-state index is 12.3. The van der Waals surface area contributed by atoms with Gasteiger partial charge in [0, 0.05) is 11.8 Å². The van der Waals surface area contributed by atoms with Crippen molar-refractivity contribution in [3.63, 3.8) is 0 Å². The molecule has 0 aromatic heterocycles. The van der Waals surface area contributed by atoms with Crippen LogP contribution in [0.4, 0.5) is 5.69 Å². The quantitative estimate of drug-likeness (QED) is 0.686. The summed E-state index contributed by atoms with van der Waals surface area (Å²) in [5.41, 5.74) is 0.00347. The Kier molecular flexibility index (Phi) is 4.92. The first kappa shape index (κ1) is 18.3. The van der Waals surface area contributed by atoms with Crippen LogP contribution in [0.1, 0.15) is 18.4 Å². The van der Waals surface area contributed by atoms with E-state index in [-0.39, 0.29) is 12.5 Å². The summed E-state index contributed by atoms with van der Waals surface area (Å²) in [5.74, 6) is -0.397. The Balaban J connectivity index is 1.38. The van der Waals surface area contributed by atoms with E-state index < -0.39 is 17.4 Å². The lowest BCUT2D eigenvalue weighted by atomic mass is 9.88. The Bertz CT molecular complexity index is 882. The van der Waals surface area contributed by atoms with Crippen molar-refractivity contribution in [1.29, 1.82) is 0 Å². The molecule has 2 aromatic rings. The molecule has 146 valence electrons. The molecule has 7 nitrogen and oxygen atoms in total. The molecular weight excluding hydrogens is 360 g/mol. The number of anilines is 1. The average molecular weight is 382 g/mol. The number of ether oxygens (including phenoxy) is 2. The van der Waals surface area contributed by atoms with E-state index in [1.165, 1.54) is 0 Å². The van der Waals surface area contributed by atoms with Crippen LogP contribution in [0.15, 0.2) is 48.5 Å². The first-order valence-electron chi connectivity index (χ1n) is 9.33. The number of hydrogen-bond donors (Lipinski definition) is 3. The van der Waals surface area contributed by atoms with E-state index in [0.717, 1.165) is 18.4 Å². The first-order chi connectivity index (χ1) is 13.6. The van der Waals surface area contributed by atoms with Crippen LogP contribution < -0.4 is 20.1 Å². The van der Waals surface area contributed by atoms with Crippen molar-refractivity contribution in [1.82, 2.24) is 5.32 Å². The smallest absolute Gasteiger partial charge is 0.313 e. The predicted octanol–water partition coefficient (Wildman–Crippen LogP) is 1.81. The van der Waals surface area contributed by atoms with Gasteiger partial charge >= 0.3 is 11.8 Å². The third kappa shape index (κ3) is 3.80. The van der Waals surface area contributed by atoms with Crippen molar-refractivity contribution < 1.29 is 24.2 Å². The minimum absolute atomic E-state index is 0.0188. The summed E-state index contributed by atoms with van der Waals surface area (Å²) >= 11 is 0. The van der Waals surface area contributed by atoms with Crippen LogP contribution in [0.25, 0.3) is 0 Å². The highest BCUT2D eigenvalue weighted by Crippen LogP contribution is 2.45. The van der Waals surface area contributed by atoms with Gasteiger partial charge in [-0.2, -0.15) is 0 Å². The van der Waals surface area contributed by atoms with Gasteiger partial charge in [-0.15, -0.1) is 0 Å². The maximum Gasteiger partial charge on any atom is 0.313 e. The van der Waals surface area contributed by atoms with Crippen LogP contribution in [0.2, 0.25) is 0 Å². The van der Waals surface area contributed by atoms with Crippen LogP contribution in [-0.2, 0) is 15.2 Å². The molecule has 3 N–H and O–H groups in total. The topological polar surface area (TPSA) is 96.9 Å². The lowest BCUT2D eigenvalue weighted by Gasteiger charge is -2.29. The van der Waals surface area contributed by atoms with Crippen LogP contribution in [0.3, 0.4) is 0 Å². The highest BCUT2D eigenvalue weighted by Gasteiger charge is 2.45. The number of fused-ring (bicyclic) bond motifs is 1. The molecule has 0 saturated heterocycles. The zero-order valence-electron chi connectivity index (χ0n) is 15.3. The van der Waals surface area contributed by atoms with Gasteiger partial charge in [0.15, 0.2) is 11.5 Å². The van der Waals surface area contributed by atoms with Gasteiger partial charge in [-0.3, -0.25) is 9.59 Å². The second kappa shape index (κ2) is 7.52. The number of carbonyl (C=O) groups excluding carboxylic acids is 2. The van der Waals surface area contributed by atoms with Crippen molar-refractivity contribution >= 4 is 17.5 Å². The summed E-state index contributed by atoms with van der Waals surface area (Å²) < 4.78 is 10.9. The van der Waals surface area contributed by atoms with Gasteiger partial charge in [-0.25, -0.2) is 0 Å². The number of aliphatic hydroxyl groups is 1. The van der Waals surface area contributed by atoms with E-state index in [1.54, 1.807) is 18.2 Å². The van der Waals surface area contributed by atoms with E-state index in [0.29, 0.717) is 30.4 Å². The third-order valence-corrected chi connectivity index (χ3v) is 5.05. The number of hydrogen-bond acceptors (Lipinski definition) is 5. The summed E-state index contributed by atoms with van der Waals surface area (Å²) in [7, 11) is 0. The molecule has 0 spiro atoms. The lowest BCUT2D eigenvalue weighted by Crippen LogP contribution is -2.45. The van der Waals surface area contributed by atoms with E-state index in [2.05, 4.69) is 10.6 Å². The molecule has 1 saturated carbocycles. The molecule has 2 amide bonds. The number of amides is 2.